The Kier molecular flexibility index (Phi) is 6.36. The predicted octanol–water partition coefficient (Wildman–Crippen LogP) is 4.24. The van der Waals surface area contributed by atoms with Gasteiger partial charge in [-0.15, -0.1) is 0 Å². The fourth-order valence-corrected chi connectivity index (χ4v) is 4.14. The number of nitrogens with one attached hydrogen (secondary N) is 1. The first kappa shape index (κ1) is 22.1. The summed E-state index contributed by atoms with van der Waals surface area (Å²) in [6.07, 6.45) is 2.84. The van der Waals surface area contributed by atoms with Crippen LogP contribution in [0.1, 0.15) is 19.4 Å². The highest BCUT2D eigenvalue weighted by Gasteiger charge is 2.29. The number of pyridine rings is 1. The maximum Gasteiger partial charge on any atom is 0.446 e. The van der Waals surface area contributed by atoms with Crippen LogP contribution in [0.2, 0.25) is 0 Å². The van der Waals surface area contributed by atoms with Crippen LogP contribution in [-0.4, -0.2) is 42.4 Å². The summed E-state index contributed by atoms with van der Waals surface area (Å²) in [5.41, 5.74) is -0.883. The molecule has 12 heteroatoms. The molecule has 1 N–H and O–H groups in total. The van der Waals surface area contributed by atoms with E-state index in [0.717, 1.165) is 0 Å². The van der Waals surface area contributed by atoms with Crippen LogP contribution >= 0.6 is 11.8 Å². The van der Waals surface area contributed by atoms with E-state index in [-0.39, 0.29) is 50.0 Å². The Labute approximate surface area is 174 Å². The Hall–Kier alpha value is -2.60. The minimum Gasteiger partial charge on any atom is -0.435 e. The second-order valence-electron chi connectivity index (χ2n) is 5.99. The lowest BCUT2D eigenvalue weighted by Gasteiger charge is -2.07. The molecule has 160 valence electrons. The average Bonchev–Trinajstić information content (AvgIpc) is 3.10. The van der Waals surface area contributed by atoms with Gasteiger partial charge in [-0.25, -0.2) is 18.4 Å². The van der Waals surface area contributed by atoms with E-state index in [0.29, 0.717) is 12.1 Å². The molecule has 3 aromatic rings. The van der Waals surface area contributed by atoms with Crippen molar-refractivity contribution in [3.05, 3.63) is 36.0 Å². The summed E-state index contributed by atoms with van der Waals surface area (Å²) >= 11 is -0.271. The van der Waals surface area contributed by atoms with Crippen LogP contribution in [0.5, 0.6) is 0 Å². The standard InChI is InChI=1S/C18H17F3N4O3S2/c1-3-23-24-10-11-7-15(30(26,27)4-2)16(22-9-11)17-25-13-8-12(29-18(19,20)21)5-6-14(13)28-17/h5-10,23H,3-4H2,1-2H3/b24-10+. The predicted molar refractivity (Wildman–Crippen MR) is 108 cm³/mol. The molecule has 0 aliphatic carbocycles. The summed E-state index contributed by atoms with van der Waals surface area (Å²) in [7, 11) is -3.70. The van der Waals surface area contributed by atoms with E-state index >= 15 is 0 Å². The SMILES string of the molecule is CCN/N=C/c1cnc(-c2nc3cc(SC(F)(F)F)ccc3o2)c(S(=O)(=O)CC)c1. The molecule has 0 amide bonds. The molecule has 0 unspecified atom stereocenters. The molecule has 0 radical (unpaired) electrons. The Balaban J connectivity index is 2.08. The van der Waals surface area contributed by atoms with Gasteiger partial charge in [0, 0.05) is 23.2 Å². The number of nitrogens with zero attached hydrogens (tertiary/aromatic N) is 3. The van der Waals surface area contributed by atoms with E-state index < -0.39 is 15.3 Å². The molecule has 0 aliphatic heterocycles. The third kappa shape index (κ3) is 5.11. The zero-order chi connectivity index (χ0) is 21.9. The first-order valence-corrected chi connectivity index (χ1v) is 11.2. The minimum absolute atomic E-state index is 0.0151. The number of hydrazone groups is 1. The number of fused-ring (bicyclic) bond motifs is 1. The van der Waals surface area contributed by atoms with Gasteiger partial charge in [-0.1, -0.05) is 6.92 Å². The molecule has 7 nitrogen and oxygen atoms in total. The first-order valence-electron chi connectivity index (χ1n) is 8.78. The molecular formula is C18H17F3N4O3S2. The Morgan fingerprint density at radius 1 is 1.27 bits per heavy atom. The van der Waals surface area contributed by atoms with E-state index in [9.17, 15) is 21.6 Å². The number of thioether (sulfide) groups is 1. The van der Waals surface area contributed by atoms with Crippen LogP contribution in [0.3, 0.4) is 0 Å². The van der Waals surface area contributed by atoms with Gasteiger partial charge in [0.2, 0.25) is 5.89 Å². The number of alkyl halides is 3. The smallest absolute Gasteiger partial charge is 0.435 e. The monoisotopic (exact) mass is 458 g/mol. The van der Waals surface area contributed by atoms with E-state index in [1.165, 1.54) is 43.6 Å². The average molecular weight is 458 g/mol. The van der Waals surface area contributed by atoms with Crippen molar-refractivity contribution in [3.8, 4) is 11.6 Å². The molecule has 0 bridgehead atoms. The summed E-state index contributed by atoms with van der Waals surface area (Å²) in [4.78, 5) is 8.19. The highest BCUT2D eigenvalue weighted by Crippen LogP contribution is 2.38. The molecule has 0 atom stereocenters. The summed E-state index contributed by atoms with van der Waals surface area (Å²) in [6, 6.07) is 5.24. The van der Waals surface area contributed by atoms with Crippen LogP contribution in [0.25, 0.3) is 22.7 Å². The lowest BCUT2D eigenvalue weighted by atomic mass is 10.2. The van der Waals surface area contributed by atoms with E-state index in [4.69, 9.17) is 4.42 Å². The maximum absolute atomic E-state index is 12.6. The lowest BCUT2D eigenvalue weighted by molar-refractivity contribution is -0.0328. The van der Waals surface area contributed by atoms with Crippen molar-refractivity contribution in [2.75, 3.05) is 12.3 Å². The second-order valence-corrected chi connectivity index (χ2v) is 9.37. The number of halogens is 3. The summed E-state index contributed by atoms with van der Waals surface area (Å²) in [6.45, 7) is 3.95. The summed E-state index contributed by atoms with van der Waals surface area (Å²) in [5, 5.41) is 3.94. The summed E-state index contributed by atoms with van der Waals surface area (Å²) < 4.78 is 68.6. The van der Waals surface area contributed by atoms with Gasteiger partial charge in [0.15, 0.2) is 15.4 Å². The zero-order valence-corrected chi connectivity index (χ0v) is 17.5. The van der Waals surface area contributed by atoms with Crippen molar-refractivity contribution in [1.29, 1.82) is 0 Å². The van der Waals surface area contributed by atoms with Gasteiger partial charge in [0.05, 0.1) is 16.9 Å². The number of oxazole rings is 1. The normalized spacial score (nSPS) is 12.7. The molecule has 0 spiro atoms. The Morgan fingerprint density at radius 2 is 2.03 bits per heavy atom. The van der Waals surface area contributed by atoms with Gasteiger partial charge in [0.1, 0.15) is 11.2 Å². The molecule has 3 rings (SSSR count). The largest absolute Gasteiger partial charge is 0.446 e. The zero-order valence-electron chi connectivity index (χ0n) is 15.9. The number of hydrogen-bond acceptors (Lipinski definition) is 8. The topological polar surface area (TPSA) is 97.4 Å². The van der Waals surface area contributed by atoms with Gasteiger partial charge in [0.25, 0.3) is 0 Å². The number of benzene rings is 1. The van der Waals surface area contributed by atoms with Gasteiger partial charge >= 0.3 is 5.51 Å². The van der Waals surface area contributed by atoms with Crippen molar-refractivity contribution >= 4 is 38.9 Å². The van der Waals surface area contributed by atoms with Gasteiger partial charge in [-0.3, -0.25) is 0 Å². The van der Waals surface area contributed by atoms with Gasteiger partial charge in [-0.2, -0.15) is 18.3 Å². The van der Waals surface area contributed by atoms with Crippen LogP contribution in [-0.2, 0) is 9.84 Å². The van der Waals surface area contributed by atoms with E-state index in [1.807, 2.05) is 6.92 Å². The Morgan fingerprint density at radius 3 is 2.70 bits per heavy atom. The van der Waals surface area contributed by atoms with Crippen molar-refractivity contribution in [3.63, 3.8) is 0 Å². The molecule has 0 fully saturated rings. The van der Waals surface area contributed by atoms with E-state index in [2.05, 4.69) is 20.5 Å². The van der Waals surface area contributed by atoms with Crippen LogP contribution < -0.4 is 5.43 Å². The Bertz CT molecular complexity index is 1190. The van der Waals surface area contributed by atoms with Crippen molar-refractivity contribution < 1.29 is 26.0 Å². The highest BCUT2D eigenvalue weighted by molar-refractivity contribution is 8.00. The molecular weight excluding hydrogens is 441 g/mol. The molecule has 0 saturated carbocycles. The number of hydrogen-bond donors (Lipinski definition) is 1. The highest BCUT2D eigenvalue weighted by atomic mass is 32.2. The van der Waals surface area contributed by atoms with Crippen molar-refractivity contribution in [1.82, 2.24) is 15.4 Å². The third-order valence-electron chi connectivity index (χ3n) is 3.85. The molecule has 2 aromatic heterocycles. The number of rotatable bonds is 7. The third-order valence-corrected chi connectivity index (χ3v) is 6.31. The van der Waals surface area contributed by atoms with Crippen molar-refractivity contribution in [2.24, 2.45) is 5.10 Å². The maximum atomic E-state index is 12.6. The first-order chi connectivity index (χ1) is 14.1. The van der Waals surface area contributed by atoms with Crippen LogP contribution in [0.4, 0.5) is 13.2 Å². The fraction of sp³-hybridized carbons (Fsp3) is 0.278. The molecule has 1 aromatic carbocycles. The van der Waals surface area contributed by atoms with Crippen LogP contribution in [0.15, 0.2) is 49.8 Å². The minimum atomic E-state index is -4.44. The van der Waals surface area contributed by atoms with Gasteiger partial charge in [-0.05, 0) is 43.0 Å². The molecule has 0 aliphatic rings. The molecule has 2 heterocycles. The van der Waals surface area contributed by atoms with Crippen molar-refractivity contribution in [2.45, 2.75) is 29.1 Å². The molecule has 0 saturated heterocycles. The van der Waals surface area contributed by atoms with E-state index in [1.54, 1.807) is 0 Å². The fourth-order valence-electron chi connectivity index (χ4n) is 2.50. The van der Waals surface area contributed by atoms with Crippen LogP contribution in [0, 0.1) is 0 Å². The quantitative estimate of drug-likeness (QED) is 0.321. The molecule has 30 heavy (non-hydrogen) atoms. The number of aromatic nitrogens is 2. The van der Waals surface area contributed by atoms with Gasteiger partial charge < -0.3 is 9.84 Å². The number of sulfone groups is 1. The summed E-state index contributed by atoms with van der Waals surface area (Å²) in [5.74, 6) is -0.274. The second kappa shape index (κ2) is 8.64. The lowest BCUT2D eigenvalue weighted by Crippen LogP contribution is -2.09.